The summed E-state index contributed by atoms with van der Waals surface area (Å²) in [6.07, 6.45) is -1.74. The molecule has 3 fully saturated rings. The first-order chi connectivity index (χ1) is 6.57. The summed E-state index contributed by atoms with van der Waals surface area (Å²) in [6, 6.07) is 0. The topological polar surface area (TPSA) is 60.5 Å². The number of fused-ring (bicyclic) bond motifs is 1. The molecule has 14 heavy (non-hydrogen) atoms. The van der Waals surface area contributed by atoms with Crippen LogP contribution in [0.4, 0.5) is 0 Å². The highest BCUT2D eigenvalue weighted by Crippen LogP contribution is 2.40. The Kier molecular flexibility index (Phi) is 1.73. The highest BCUT2D eigenvalue weighted by molar-refractivity contribution is 4.98. The van der Waals surface area contributed by atoms with Gasteiger partial charge >= 0.3 is 0 Å². The number of aliphatic hydroxyl groups excluding tert-OH is 1. The average molecular weight is 202 g/mol. The van der Waals surface area contributed by atoms with Crippen LogP contribution in [0.25, 0.3) is 0 Å². The van der Waals surface area contributed by atoms with Gasteiger partial charge in [-0.2, -0.15) is 0 Å². The Morgan fingerprint density at radius 3 is 2.50 bits per heavy atom. The van der Waals surface area contributed by atoms with Crippen LogP contribution in [0.3, 0.4) is 0 Å². The van der Waals surface area contributed by atoms with E-state index < -0.39 is 18.2 Å². The van der Waals surface area contributed by atoms with E-state index >= 15 is 0 Å². The van der Waals surface area contributed by atoms with E-state index in [2.05, 4.69) is 0 Å². The molecule has 3 rings (SSSR count). The van der Waals surface area contributed by atoms with Gasteiger partial charge in [0.2, 0.25) is 0 Å². The Bertz CT molecular complexity index is 248. The number of rotatable bonds is 1. The van der Waals surface area contributed by atoms with Gasteiger partial charge in [0.15, 0.2) is 12.1 Å². The van der Waals surface area contributed by atoms with Gasteiger partial charge in [-0.25, -0.2) is 0 Å². The molecule has 0 aliphatic carbocycles. The molecule has 0 amide bonds. The second kappa shape index (κ2) is 2.68. The molecule has 3 aliphatic heterocycles. The summed E-state index contributed by atoms with van der Waals surface area (Å²) >= 11 is 0. The third-order valence-electron chi connectivity index (χ3n) is 2.78. The minimum Gasteiger partial charge on any atom is -0.387 e. The molecule has 0 radical (unpaired) electrons. The van der Waals surface area contributed by atoms with Crippen molar-refractivity contribution in [2.45, 2.75) is 50.3 Å². The second-order valence-corrected chi connectivity index (χ2v) is 4.43. The van der Waals surface area contributed by atoms with Crippen molar-refractivity contribution in [2.75, 3.05) is 6.61 Å². The van der Waals surface area contributed by atoms with Crippen LogP contribution in [0.15, 0.2) is 0 Å². The summed E-state index contributed by atoms with van der Waals surface area (Å²) < 4.78 is 21.7. The monoisotopic (exact) mass is 202 g/mol. The lowest BCUT2D eigenvalue weighted by Crippen LogP contribution is -2.37. The molecule has 5 nitrogen and oxygen atoms in total. The van der Waals surface area contributed by atoms with Gasteiger partial charge in [-0.3, -0.25) is 0 Å². The molecule has 0 spiro atoms. The van der Waals surface area contributed by atoms with E-state index in [0.717, 1.165) is 0 Å². The van der Waals surface area contributed by atoms with Crippen molar-refractivity contribution in [3.8, 4) is 0 Å². The second-order valence-electron chi connectivity index (χ2n) is 4.43. The Morgan fingerprint density at radius 1 is 1.21 bits per heavy atom. The molecule has 0 saturated carbocycles. The molecule has 0 aromatic heterocycles. The molecular weight excluding hydrogens is 188 g/mol. The molecule has 0 bridgehead atoms. The molecule has 0 aromatic carbocycles. The quantitative estimate of drug-likeness (QED) is 0.587. The molecule has 0 unspecified atom stereocenters. The Balaban J connectivity index is 1.74. The zero-order valence-electron chi connectivity index (χ0n) is 8.17. The van der Waals surface area contributed by atoms with Crippen LogP contribution in [0.1, 0.15) is 13.8 Å². The van der Waals surface area contributed by atoms with E-state index in [0.29, 0.717) is 6.61 Å². The fraction of sp³-hybridized carbons (Fsp3) is 1.00. The van der Waals surface area contributed by atoms with Gasteiger partial charge in [0.05, 0.1) is 6.61 Å². The number of ether oxygens (including phenoxy) is 4. The lowest BCUT2D eigenvalue weighted by atomic mass is 10.1. The number of hydrogen-bond acceptors (Lipinski definition) is 5. The minimum absolute atomic E-state index is 0.0194. The standard InChI is InChI=1S/C9H14O5/c1-9(2)13-7-5(10)6(4-3-11-4)12-8(7)14-9/h4-8,10H,3H2,1-2H3/t4-,5+,6-,7-,8-/m1/s1. The zero-order valence-corrected chi connectivity index (χ0v) is 8.17. The maximum atomic E-state index is 9.89. The van der Waals surface area contributed by atoms with Crippen molar-refractivity contribution in [1.82, 2.24) is 0 Å². The smallest absolute Gasteiger partial charge is 0.190 e. The lowest BCUT2D eigenvalue weighted by molar-refractivity contribution is -0.216. The van der Waals surface area contributed by atoms with Crippen LogP contribution < -0.4 is 0 Å². The third-order valence-corrected chi connectivity index (χ3v) is 2.78. The molecule has 80 valence electrons. The van der Waals surface area contributed by atoms with Crippen LogP contribution in [-0.2, 0) is 18.9 Å². The van der Waals surface area contributed by atoms with Crippen LogP contribution in [0.5, 0.6) is 0 Å². The van der Waals surface area contributed by atoms with E-state index in [1.807, 2.05) is 13.8 Å². The third kappa shape index (κ3) is 1.28. The predicted molar refractivity (Wildman–Crippen MR) is 44.4 cm³/mol. The van der Waals surface area contributed by atoms with Crippen LogP contribution in [0, 0.1) is 0 Å². The van der Waals surface area contributed by atoms with Crippen molar-refractivity contribution < 1.29 is 24.1 Å². The van der Waals surface area contributed by atoms with Crippen molar-refractivity contribution in [2.24, 2.45) is 0 Å². The van der Waals surface area contributed by atoms with Crippen molar-refractivity contribution in [3.05, 3.63) is 0 Å². The fourth-order valence-electron chi connectivity index (χ4n) is 2.07. The fourth-order valence-corrected chi connectivity index (χ4v) is 2.07. The van der Waals surface area contributed by atoms with E-state index in [1.165, 1.54) is 0 Å². The Hall–Kier alpha value is -0.200. The van der Waals surface area contributed by atoms with Gasteiger partial charge < -0.3 is 24.1 Å². The Labute approximate surface area is 81.9 Å². The molecule has 3 heterocycles. The molecule has 0 aromatic rings. The normalized spacial score (nSPS) is 54.6. The van der Waals surface area contributed by atoms with Gasteiger partial charge in [-0.1, -0.05) is 0 Å². The van der Waals surface area contributed by atoms with Gasteiger partial charge in [0, 0.05) is 0 Å². The van der Waals surface area contributed by atoms with Gasteiger partial charge in [-0.15, -0.1) is 0 Å². The van der Waals surface area contributed by atoms with Crippen LogP contribution in [-0.4, -0.2) is 48.2 Å². The number of hydrogen-bond donors (Lipinski definition) is 1. The number of epoxide rings is 1. The van der Waals surface area contributed by atoms with E-state index in [1.54, 1.807) is 0 Å². The van der Waals surface area contributed by atoms with Crippen LogP contribution in [0.2, 0.25) is 0 Å². The summed E-state index contributed by atoms with van der Waals surface area (Å²) in [5, 5.41) is 9.89. The molecule has 3 aliphatic rings. The first-order valence-electron chi connectivity index (χ1n) is 4.88. The highest BCUT2D eigenvalue weighted by atomic mass is 16.8. The highest BCUT2D eigenvalue weighted by Gasteiger charge is 2.58. The first-order valence-corrected chi connectivity index (χ1v) is 4.88. The van der Waals surface area contributed by atoms with Crippen molar-refractivity contribution in [3.63, 3.8) is 0 Å². The summed E-state index contributed by atoms with van der Waals surface area (Å²) in [4.78, 5) is 0. The van der Waals surface area contributed by atoms with Gasteiger partial charge in [-0.05, 0) is 13.8 Å². The van der Waals surface area contributed by atoms with E-state index in [4.69, 9.17) is 18.9 Å². The zero-order chi connectivity index (χ0) is 9.92. The average Bonchev–Trinajstić information content (AvgIpc) is 2.81. The van der Waals surface area contributed by atoms with E-state index in [9.17, 15) is 5.11 Å². The molecule has 1 N–H and O–H groups in total. The van der Waals surface area contributed by atoms with Gasteiger partial charge in [0.25, 0.3) is 0 Å². The summed E-state index contributed by atoms with van der Waals surface area (Å²) in [6.45, 7) is 4.28. The Morgan fingerprint density at radius 2 is 1.93 bits per heavy atom. The van der Waals surface area contributed by atoms with E-state index in [-0.39, 0.29) is 18.3 Å². The maximum absolute atomic E-state index is 9.89. The molecule has 5 atom stereocenters. The minimum atomic E-state index is -0.661. The SMILES string of the molecule is CC1(C)O[C@H]2O[C@H]([C@H]3CO3)[C@H](O)[C@H]2O1. The largest absolute Gasteiger partial charge is 0.387 e. The molecule has 5 heteroatoms. The summed E-state index contributed by atoms with van der Waals surface area (Å²) in [5.41, 5.74) is 0. The van der Waals surface area contributed by atoms with Crippen molar-refractivity contribution in [1.29, 1.82) is 0 Å². The maximum Gasteiger partial charge on any atom is 0.190 e. The van der Waals surface area contributed by atoms with Crippen molar-refractivity contribution >= 4 is 0 Å². The first kappa shape index (κ1) is 9.06. The summed E-state index contributed by atoms with van der Waals surface area (Å²) in [7, 11) is 0. The molecule has 3 saturated heterocycles. The van der Waals surface area contributed by atoms with Crippen LogP contribution >= 0.6 is 0 Å². The summed E-state index contributed by atoms with van der Waals surface area (Å²) in [5.74, 6) is -0.661. The predicted octanol–water partition coefficient (Wildman–Crippen LogP) is -0.378. The lowest BCUT2D eigenvalue weighted by Gasteiger charge is -2.21. The van der Waals surface area contributed by atoms with Gasteiger partial charge in [0.1, 0.15) is 24.4 Å². The molecular formula is C9H14O5. The number of aliphatic hydroxyl groups is 1.